The molecule has 0 aliphatic rings. The second-order valence-corrected chi connectivity index (χ2v) is 11.8. The van der Waals surface area contributed by atoms with Crippen LogP contribution < -0.4 is 9.62 Å². The molecule has 0 bridgehead atoms. The van der Waals surface area contributed by atoms with E-state index in [2.05, 4.69) is 5.32 Å². The largest absolute Gasteiger partial charge is 0.354 e. The number of hydrogen-bond acceptors (Lipinski definition) is 5. The summed E-state index contributed by atoms with van der Waals surface area (Å²) in [6.45, 7) is 4.98. The van der Waals surface area contributed by atoms with Gasteiger partial charge in [-0.3, -0.25) is 13.9 Å². The first kappa shape index (κ1) is 30.2. The van der Waals surface area contributed by atoms with Crippen molar-refractivity contribution in [3.05, 3.63) is 89.7 Å². The van der Waals surface area contributed by atoms with Crippen LogP contribution in [0.2, 0.25) is 0 Å². The summed E-state index contributed by atoms with van der Waals surface area (Å²) in [4.78, 5) is 28.8. The van der Waals surface area contributed by atoms with Gasteiger partial charge in [-0.05, 0) is 69.0 Å². The van der Waals surface area contributed by atoms with Crippen LogP contribution in [-0.4, -0.2) is 50.5 Å². The van der Waals surface area contributed by atoms with Crippen LogP contribution in [0.3, 0.4) is 0 Å². The molecule has 1 N–H and O–H groups in total. The van der Waals surface area contributed by atoms with Gasteiger partial charge in [-0.2, -0.15) is 0 Å². The summed E-state index contributed by atoms with van der Waals surface area (Å²) in [5.41, 5.74) is 1.45. The van der Waals surface area contributed by atoms with Crippen molar-refractivity contribution < 1.29 is 22.4 Å². The van der Waals surface area contributed by atoms with Crippen LogP contribution >= 0.6 is 11.8 Å². The van der Waals surface area contributed by atoms with E-state index < -0.39 is 40.2 Å². The minimum absolute atomic E-state index is 0.0306. The van der Waals surface area contributed by atoms with Gasteiger partial charge in [0.15, 0.2) is 0 Å². The second-order valence-electron chi connectivity index (χ2n) is 9.10. The Labute approximate surface area is 234 Å². The molecule has 39 heavy (non-hydrogen) atoms. The fraction of sp³-hybridized carbons (Fsp3) is 0.310. The highest BCUT2D eigenvalue weighted by atomic mass is 32.2. The number of rotatable bonds is 12. The Morgan fingerprint density at radius 3 is 2.23 bits per heavy atom. The van der Waals surface area contributed by atoms with Gasteiger partial charge in [0.2, 0.25) is 11.8 Å². The molecule has 1 unspecified atom stereocenters. The highest BCUT2D eigenvalue weighted by Gasteiger charge is 2.32. The zero-order valence-electron chi connectivity index (χ0n) is 22.6. The van der Waals surface area contributed by atoms with Gasteiger partial charge in [-0.15, -0.1) is 11.8 Å². The van der Waals surface area contributed by atoms with Crippen molar-refractivity contribution in [1.29, 1.82) is 0 Å². The average Bonchev–Trinajstić information content (AvgIpc) is 2.94. The van der Waals surface area contributed by atoms with Crippen LogP contribution in [0.4, 0.5) is 10.1 Å². The predicted molar refractivity (Wildman–Crippen MR) is 154 cm³/mol. The molecule has 208 valence electrons. The fourth-order valence-electron chi connectivity index (χ4n) is 3.90. The monoisotopic (exact) mass is 571 g/mol. The van der Waals surface area contributed by atoms with Gasteiger partial charge >= 0.3 is 0 Å². The summed E-state index contributed by atoms with van der Waals surface area (Å²) < 4.78 is 43.3. The van der Waals surface area contributed by atoms with E-state index in [9.17, 15) is 22.4 Å². The number of halogens is 1. The number of nitrogens with zero attached hydrogens (tertiary/aromatic N) is 2. The van der Waals surface area contributed by atoms with E-state index in [1.807, 2.05) is 20.1 Å². The van der Waals surface area contributed by atoms with Crippen molar-refractivity contribution in [2.24, 2.45) is 0 Å². The van der Waals surface area contributed by atoms with Crippen molar-refractivity contribution in [3.63, 3.8) is 0 Å². The van der Waals surface area contributed by atoms with Gasteiger partial charge in [-0.1, -0.05) is 42.8 Å². The molecule has 7 nitrogen and oxygen atoms in total. The molecule has 0 saturated heterocycles. The summed E-state index contributed by atoms with van der Waals surface area (Å²) in [5, 5.41) is 2.77. The van der Waals surface area contributed by atoms with Gasteiger partial charge in [0.1, 0.15) is 18.4 Å². The molecule has 0 heterocycles. The van der Waals surface area contributed by atoms with E-state index in [1.54, 1.807) is 49.4 Å². The van der Waals surface area contributed by atoms with Crippen LogP contribution in [0.5, 0.6) is 0 Å². The molecule has 3 aromatic rings. The van der Waals surface area contributed by atoms with Crippen LogP contribution in [0.25, 0.3) is 0 Å². The first-order valence-corrected chi connectivity index (χ1v) is 15.3. The molecule has 0 radical (unpaired) electrons. The Morgan fingerprint density at radius 2 is 1.64 bits per heavy atom. The minimum atomic E-state index is -4.16. The minimum Gasteiger partial charge on any atom is -0.354 e. The Morgan fingerprint density at radius 1 is 1.00 bits per heavy atom. The lowest BCUT2D eigenvalue weighted by molar-refractivity contribution is -0.139. The zero-order valence-corrected chi connectivity index (χ0v) is 24.2. The first-order valence-electron chi connectivity index (χ1n) is 12.6. The summed E-state index contributed by atoms with van der Waals surface area (Å²) in [7, 11) is -4.16. The highest BCUT2D eigenvalue weighted by Crippen LogP contribution is 2.26. The highest BCUT2D eigenvalue weighted by molar-refractivity contribution is 7.98. The Kier molecular flexibility index (Phi) is 10.5. The molecular formula is C29H34FN3O4S2. The smallest absolute Gasteiger partial charge is 0.264 e. The number of carbonyl (C=O) groups excluding carboxylic acids is 2. The number of hydrogen-bond donors (Lipinski definition) is 1. The van der Waals surface area contributed by atoms with E-state index in [0.29, 0.717) is 18.7 Å². The van der Waals surface area contributed by atoms with Gasteiger partial charge in [-0.25, -0.2) is 12.8 Å². The van der Waals surface area contributed by atoms with Crippen molar-refractivity contribution in [2.45, 2.75) is 49.6 Å². The number of amides is 2. The molecule has 0 saturated carbocycles. The molecule has 0 aromatic heterocycles. The van der Waals surface area contributed by atoms with Gasteiger partial charge in [0.05, 0.1) is 10.6 Å². The summed E-state index contributed by atoms with van der Waals surface area (Å²) >= 11 is 1.48. The Hall–Kier alpha value is -3.37. The number of carbonyl (C=O) groups is 2. The van der Waals surface area contributed by atoms with Crippen molar-refractivity contribution in [2.75, 3.05) is 23.7 Å². The second kappa shape index (κ2) is 13.6. The molecule has 3 rings (SSSR count). The molecular weight excluding hydrogens is 537 g/mol. The van der Waals surface area contributed by atoms with Crippen LogP contribution in [-0.2, 0) is 26.2 Å². The number of benzene rings is 3. The fourth-order valence-corrected chi connectivity index (χ4v) is 5.73. The first-order chi connectivity index (χ1) is 18.6. The lowest BCUT2D eigenvalue weighted by atomic mass is 10.1. The van der Waals surface area contributed by atoms with Crippen LogP contribution in [0.1, 0.15) is 31.4 Å². The van der Waals surface area contributed by atoms with Crippen LogP contribution in [0, 0.1) is 12.7 Å². The van der Waals surface area contributed by atoms with Crippen molar-refractivity contribution in [1.82, 2.24) is 10.2 Å². The van der Waals surface area contributed by atoms with Crippen molar-refractivity contribution >= 4 is 39.3 Å². The van der Waals surface area contributed by atoms with Gasteiger partial charge in [0.25, 0.3) is 10.0 Å². The number of thioether (sulfide) groups is 1. The van der Waals surface area contributed by atoms with E-state index in [-0.39, 0.29) is 17.0 Å². The molecule has 1 atom stereocenters. The molecule has 2 amide bonds. The third-order valence-electron chi connectivity index (χ3n) is 6.26. The quantitative estimate of drug-likeness (QED) is 0.310. The van der Waals surface area contributed by atoms with Crippen LogP contribution in [0.15, 0.2) is 82.6 Å². The van der Waals surface area contributed by atoms with E-state index >= 15 is 0 Å². The number of nitrogens with one attached hydrogen (secondary N) is 1. The third-order valence-corrected chi connectivity index (χ3v) is 8.79. The standard InChI is InChI=1S/C29H34FN3O4S2/c1-5-18-31-29(35)22(3)32(19-23-8-6-7-9-27(23)30)28(34)20-33(24-12-10-21(2)11-13-24)39(36,37)26-16-14-25(38-4)15-17-26/h6-17,22H,5,18-20H2,1-4H3,(H,31,35). The summed E-state index contributed by atoms with van der Waals surface area (Å²) in [5.74, 6) is -1.56. The van der Waals surface area contributed by atoms with E-state index in [4.69, 9.17) is 0 Å². The normalized spacial score (nSPS) is 12.0. The lowest BCUT2D eigenvalue weighted by Gasteiger charge is -2.32. The average molecular weight is 572 g/mol. The topological polar surface area (TPSA) is 86.8 Å². The molecule has 3 aromatic carbocycles. The Balaban J connectivity index is 2.02. The SMILES string of the molecule is CCCNC(=O)C(C)N(Cc1ccccc1F)C(=O)CN(c1ccc(C)cc1)S(=O)(=O)c1ccc(SC)cc1. The van der Waals surface area contributed by atoms with Gasteiger partial charge in [0, 0.05) is 23.5 Å². The molecule has 0 fully saturated rings. The summed E-state index contributed by atoms with van der Waals surface area (Å²) in [6.07, 6.45) is 2.59. The van der Waals surface area contributed by atoms with Crippen molar-refractivity contribution in [3.8, 4) is 0 Å². The Bertz CT molecular complexity index is 1380. The van der Waals surface area contributed by atoms with Gasteiger partial charge < -0.3 is 10.2 Å². The molecule has 10 heteroatoms. The zero-order chi connectivity index (χ0) is 28.6. The lowest BCUT2D eigenvalue weighted by Crippen LogP contribution is -2.51. The molecule has 0 aliphatic carbocycles. The maximum Gasteiger partial charge on any atom is 0.264 e. The number of aryl methyl sites for hydroxylation is 1. The number of sulfonamides is 1. The molecule has 0 aliphatic heterocycles. The predicted octanol–water partition coefficient (Wildman–Crippen LogP) is 4.99. The van der Waals surface area contributed by atoms with E-state index in [0.717, 1.165) is 14.8 Å². The molecule has 0 spiro atoms. The summed E-state index contributed by atoms with van der Waals surface area (Å²) in [6, 6.07) is 18.2. The number of anilines is 1. The maximum atomic E-state index is 14.6. The third kappa shape index (κ3) is 7.60. The van der Waals surface area contributed by atoms with E-state index in [1.165, 1.54) is 47.0 Å². The maximum absolute atomic E-state index is 14.6.